The van der Waals surface area contributed by atoms with Crippen LogP contribution in [0.25, 0.3) is 27.7 Å². The van der Waals surface area contributed by atoms with Crippen LogP contribution in [-0.2, 0) is 4.79 Å². The van der Waals surface area contributed by atoms with Crippen molar-refractivity contribution in [2.75, 3.05) is 5.75 Å². The van der Waals surface area contributed by atoms with E-state index in [1.54, 1.807) is 16.7 Å². The maximum atomic E-state index is 13.4. The molecular weight excluding hydrogens is 492 g/mol. The zero-order valence-electron chi connectivity index (χ0n) is 21.1. The number of rotatable bonds is 7. The van der Waals surface area contributed by atoms with E-state index in [0.717, 1.165) is 22.3 Å². The lowest BCUT2D eigenvalue weighted by molar-refractivity contribution is -0.118. The number of nitrogens with zero attached hydrogens (tertiary/aromatic N) is 3. The minimum atomic E-state index is -0.284. The summed E-state index contributed by atoms with van der Waals surface area (Å²) in [6.07, 6.45) is 0. The summed E-state index contributed by atoms with van der Waals surface area (Å²) in [5.41, 5.74) is 8.72. The molecule has 1 N–H and O–H groups in total. The molecule has 1 heterocycles. The maximum Gasteiger partial charge on any atom is 0.266 e. The number of hydrogen-bond acceptors (Lipinski definition) is 5. The van der Waals surface area contributed by atoms with Gasteiger partial charge in [-0.05, 0) is 54.8 Å². The van der Waals surface area contributed by atoms with E-state index < -0.39 is 0 Å². The Balaban J connectivity index is 1.31. The van der Waals surface area contributed by atoms with Crippen molar-refractivity contribution in [3.63, 3.8) is 0 Å². The molecule has 0 atom stereocenters. The van der Waals surface area contributed by atoms with Crippen molar-refractivity contribution in [3.05, 3.63) is 125 Å². The minimum Gasteiger partial charge on any atom is -0.272 e. The number of thioether (sulfide) groups is 1. The average Bonchev–Trinajstić information content (AvgIpc) is 2.96. The molecule has 1 aromatic heterocycles. The highest BCUT2D eigenvalue weighted by Gasteiger charge is 2.15. The van der Waals surface area contributed by atoms with E-state index in [-0.39, 0.29) is 17.2 Å². The predicted octanol–water partition coefficient (Wildman–Crippen LogP) is 5.99. The van der Waals surface area contributed by atoms with Gasteiger partial charge in [0.2, 0.25) is 0 Å². The molecule has 38 heavy (non-hydrogen) atoms. The highest BCUT2D eigenvalue weighted by atomic mass is 32.2. The Bertz CT molecular complexity index is 1680. The normalized spacial score (nSPS) is 11.5. The second-order valence-corrected chi connectivity index (χ2v) is 9.79. The van der Waals surface area contributed by atoms with E-state index >= 15 is 0 Å². The zero-order chi connectivity index (χ0) is 26.5. The second-order valence-electron chi connectivity index (χ2n) is 8.85. The Morgan fingerprint density at radius 2 is 1.53 bits per heavy atom. The molecule has 4 aromatic carbocycles. The number of amides is 1. The first-order valence-corrected chi connectivity index (χ1v) is 13.2. The van der Waals surface area contributed by atoms with E-state index in [1.165, 1.54) is 11.8 Å². The second kappa shape index (κ2) is 11.3. The van der Waals surface area contributed by atoms with Gasteiger partial charge in [0.05, 0.1) is 28.1 Å². The third kappa shape index (κ3) is 5.58. The smallest absolute Gasteiger partial charge is 0.266 e. The molecule has 7 heteroatoms. The number of carbonyl (C=O) groups excluding carboxylic acids is 1. The van der Waals surface area contributed by atoms with E-state index in [4.69, 9.17) is 4.98 Å². The van der Waals surface area contributed by atoms with Crippen LogP contribution in [0.15, 0.2) is 118 Å². The Labute approximate surface area is 225 Å². The van der Waals surface area contributed by atoms with Crippen molar-refractivity contribution >= 4 is 34.3 Å². The molecule has 0 aliphatic carbocycles. The van der Waals surface area contributed by atoms with E-state index in [2.05, 4.69) is 22.7 Å². The van der Waals surface area contributed by atoms with Crippen molar-refractivity contribution in [2.24, 2.45) is 5.10 Å². The van der Waals surface area contributed by atoms with Crippen molar-refractivity contribution < 1.29 is 4.79 Å². The van der Waals surface area contributed by atoms with Crippen LogP contribution in [0.5, 0.6) is 0 Å². The van der Waals surface area contributed by atoms with Gasteiger partial charge in [0.1, 0.15) is 0 Å². The number of hydrogen-bond donors (Lipinski definition) is 1. The van der Waals surface area contributed by atoms with Crippen LogP contribution in [0, 0.1) is 6.92 Å². The standard InChI is InChI=1S/C31H26N4O2S/c1-21-12-18-26(19-13-21)35-30(37)27-10-6-7-11-28(27)32-31(35)38-20-29(36)34-33-22(2)23-14-16-25(17-15-23)24-8-4-3-5-9-24/h3-19H,20H2,1-2H3,(H,34,36)/b33-22-. The minimum absolute atomic E-state index is 0.0559. The van der Waals surface area contributed by atoms with Gasteiger partial charge < -0.3 is 0 Å². The summed E-state index contributed by atoms with van der Waals surface area (Å²) < 4.78 is 1.56. The largest absolute Gasteiger partial charge is 0.272 e. The van der Waals surface area contributed by atoms with Crippen molar-refractivity contribution in [1.82, 2.24) is 15.0 Å². The molecule has 0 saturated carbocycles. The van der Waals surface area contributed by atoms with Crippen LogP contribution < -0.4 is 11.0 Å². The first kappa shape index (κ1) is 25.2. The third-order valence-electron chi connectivity index (χ3n) is 6.13. The van der Waals surface area contributed by atoms with E-state index in [0.29, 0.717) is 27.5 Å². The first-order chi connectivity index (χ1) is 18.5. The topological polar surface area (TPSA) is 76.3 Å². The summed E-state index contributed by atoms with van der Waals surface area (Å²) >= 11 is 1.20. The van der Waals surface area contributed by atoms with Gasteiger partial charge in [-0.25, -0.2) is 10.4 Å². The fourth-order valence-electron chi connectivity index (χ4n) is 4.04. The quantitative estimate of drug-likeness (QED) is 0.124. The molecule has 0 aliphatic rings. The Morgan fingerprint density at radius 3 is 2.26 bits per heavy atom. The Kier molecular flexibility index (Phi) is 7.47. The summed E-state index contributed by atoms with van der Waals surface area (Å²) in [6.45, 7) is 3.84. The molecule has 0 bridgehead atoms. The summed E-state index contributed by atoms with van der Waals surface area (Å²) in [4.78, 5) is 30.7. The lowest BCUT2D eigenvalue weighted by Crippen LogP contribution is -2.24. The van der Waals surface area contributed by atoms with Crippen LogP contribution in [0.1, 0.15) is 18.1 Å². The van der Waals surface area contributed by atoms with Gasteiger partial charge in [0.25, 0.3) is 11.5 Å². The van der Waals surface area contributed by atoms with Gasteiger partial charge in [-0.3, -0.25) is 14.2 Å². The molecule has 6 nitrogen and oxygen atoms in total. The predicted molar refractivity (Wildman–Crippen MR) is 155 cm³/mol. The van der Waals surface area contributed by atoms with E-state index in [9.17, 15) is 9.59 Å². The lowest BCUT2D eigenvalue weighted by Gasteiger charge is -2.13. The number of benzene rings is 4. The average molecular weight is 519 g/mol. The van der Waals surface area contributed by atoms with Crippen molar-refractivity contribution in [3.8, 4) is 16.8 Å². The number of nitrogens with one attached hydrogen (secondary N) is 1. The highest BCUT2D eigenvalue weighted by molar-refractivity contribution is 7.99. The number of fused-ring (bicyclic) bond motifs is 1. The van der Waals surface area contributed by atoms with Crippen LogP contribution in [0.3, 0.4) is 0 Å². The molecule has 0 fully saturated rings. The van der Waals surface area contributed by atoms with Crippen LogP contribution in [0.2, 0.25) is 0 Å². The summed E-state index contributed by atoms with van der Waals surface area (Å²) in [5.74, 6) is -0.228. The van der Waals surface area contributed by atoms with Crippen molar-refractivity contribution in [2.45, 2.75) is 19.0 Å². The van der Waals surface area contributed by atoms with Gasteiger partial charge in [-0.2, -0.15) is 5.10 Å². The van der Waals surface area contributed by atoms with Crippen LogP contribution >= 0.6 is 11.8 Å². The Hall–Kier alpha value is -4.49. The molecule has 1 amide bonds. The molecule has 0 spiro atoms. The van der Waals surface area contributed by atoms with Gasteiger partial charge in [-0.1, -0.05) is 96.2 Å². The number of aryl methyl sites for hydroxylation is 1. The molecule has 0 unspecified atom stereocenters. The monoisotopic (exact) mass is 518 g/mol. The summed E-state index contributed by atoms with van der Waals surface area (Å²) in [5, 5.41) is 5.26. The maximum absolute atomic E-state index is 13.4. The van der Waals surface area contributed by atoms with E-state index in [1.807, 2.05) is 92.7 Å². The lowest BCUT2D eigenvalue weighted by atomic mass is 10.0. The third-order valence-corrected chi connectivity index (χ3v) is 7.07. The molecule has 0 radical (unpaired) electrons. The number of para-hydroxylation sites is 1. The number of aromatic nitrogens is 2. The molecular formula is C31H26N4O2S. The summed E-state index contributed by atoms with van der Waals surface area (Å²) in [7, 11) is 0. The van der Waals surface area contributed by atoms with Gasteiger partial charge in [0.15, 0.2) is 5.16 Å². The number of hydrazone groups is 1. The fourth-order valence-corrected chi connectivity index (χ4v) is 4.84. The molecule has 0 aliphatic heterocycles. The van der Waals surface area contributed by atoms with Crippen LogP contribution in [0.4, 0.5) is 0 Å². The molecule has 5 aromatic rings. The first-order valence-electron chi connectivity index (χ1n) is 12.2. The fraction of sp³-hybridized carbons (Fsp3) is 0.0968. The van der Waals surface area contributed by atoms with Crippen LogP contribution in [-0.4, -0.2) is 26.9 Å². The molecule has 5 rings (SSSR count). The Morgan fingerprint density at radius 1 is 0.868 bits per heavy atom. The molecule has 0 saturated heterocycles. The van der Waals surface area contributed by atoms with Gasteiger partial charge in [0, 0.05) is 0 Å². The number of carbonyl (C=O) groups is 1. The SMILES string of the molecule is C/C(=N/NC(=O)CSc1nc2ccccc2c(=O)n1-c1ccc(C)cc1)c1ccc(-c2ccccc2)cc1. The highest BCUT2D eigenvalue weighted by Crippen LogP contribution is 2.22. The zero-order valence-corrected chi connectivity index (χ0v) is 21.9. The van der Waals surface area contributed by atoms with Crippen molar-refractivity contribution in [1.29, 1.82) is 0 Å². The summed E-state index contributed by atoms with van der Waals surface area (Å²) in [6, 6.07) is 33.1. The van der Waals surface area contributed by atoms with Gasteiger partial charge in [-0.15, -0.1) is 0 Å². The van der Waals surface area contributed by atoms with Gasteiger partial charge >= 0.3 is 0 Å². The molecule has 188 valence electrons.